The van der Waals surface area contributed by atoms with Gasteiger partial charge in [0.05, 0.1) is 19.8 Å². The minimum absolute atomic E-state index is 0.262. The molecule has 0 aromatic heterocycles. The number of nitrogens with zero attached hydrogens (tertiary/aromatic N) is 1. The van der Waals surface area contributed by atoms with Crippen LogP contribution in [0, 0.1) is 6.92 Å². The standard InChI is InChI=1S/C16H26N2O2/c1-4-14-11-18(7-8-20-14)15(10-17)13-5-6-16(19-3)12(2)9-13/h5-6,9,14-15H,4,7-8,10-11,17H2,1-3H3. The number of morpholine rings is 1. The molecular weight excluding hydrogens is 252 g/mol. The maximum Gasteiger partial charge on any atom is 0.121 e. The summed E-state index contributed by atoms with van der Waals surface area (Å²) in [4.78, 5) is 2.44. The van der Waals surface area contributed by atoms with Gasteiger partial charge in [0.25, 0.3) is 0 Å². The van der Waals surface area contributed by atoms with Crippen LogP contribution >= 0.6 is 0 Å². The smallest absolute Gasteiger partial charge is 0.121 e. The quantitative estimate of drug-likeness (QED) is 0.896. The highest BCUT2D eigenvalue weighted by Gasteiger charge is 2.26. The van der Waals surface area contributed by atoms with Crippen molar-refractivity contribution in [3.8, 4) is 5.75 Å². The highest BCUT2D eigenvalue weighted by Crippen LogP contribution is 2.27. The number of hydrogen-bond acceptors (Lipinski definition) is 4. The molecule has 2 N–H and O–H groups in total. The van der Waals surface area contributed by atoms with Crippen LogP contribution in [0.1, 0.15) is 30.5 Å². The van der Waals surface area contributed by atoms with E-state index in [1.807, 2.05) is 6.07 Å². The fourth-order valence-electron chi connectivity index (χ4n) is 2.88. The van der Waals surface area contributed by atoms with Crippen molar-refractivity contribution in [1.29, 1.82) is 0 Å². The average Bonchev–Trinajstić information content (AvgIpc) is 2.48. The summed E-state index contributed by atoms with van der Waals surface area (Å²) in [6.07, 6.45) is 1.38. The molecule has 1 aliphatic heterocycles. The number of rotatable bonds is 5. The molecule has 2 rings (SSSR count). The maximum absolute atomic E-state index is 6.03. The van der Waals surface area contributed by atoms with Gasteiger partial charge in [-0.3, -0.25) is 4.90 Å². The molecule has 2 atom stereocenters. The second-order valence-corrected chi connectivity index (χ2v) is 5.38. The zero-order valence-electron chi connectivity index (χ0n) is 12.8. The lowest BCUT2D eigenvalue weighted by Crippen LogP contribution is -2.46. The second-order valence-electron chi connectivity index (χ2n) is 5.38. The van der Waals surface area contributed by atoms with Crippen molar-refractivity contribution in [3.05, 3.63) is 29.3 Å². The Labute approximate surface area is 121 Å². The van der Waals surface area contributed by atoms with Crippen molar-refractivity contribution < 1.29 is 9.47 Å². The monoisotopic (exact) mass is 278 g/mol. The average molecular weight is 278 g/mol. The van der Waals surface area contributed by atoms with Crippen LogP contribution in [0.4, 0.5) is 0 Å². The fraction of sp³-hybridized carbons (Fsp3) is 0.625. The molecule has 1 saturated heterocycles. The lowest BCUT2D eigenvalue weighted by Gasteiger charge is -2.38. The molecule has 1 aromatic rings. The van der Waals surface area contributed by atoms with Crippen molar-refractivity contribution in [2.45, 2.75) is 32.4 Å². The Morgan fingerprint density at radius 3 is 2.90 bits per heavy atom. The minimum Gasteiger partial charge on any atom is -0.496 e. The van der Waals surface area contributed by atoms with E-state index in [1.54, 1.807) is 7.11 Å². The predicted octanol–water partition coefficient (Wildman–Crippen LogP) is 2.11. The Morgan fingerprint density at radius 2 is 2.30 bits per heavy atom. The summed E-state index contributed by atoms with van der Waals surface area (Å²) in [6, 6.07) is 6.61. The highest BCUT2D eigenvalue weighted by atomic mass is 16.5. The van der Waals surface area contributed by atoms with Crippen molar-refractivity contribution in [1.82, 2.24) is 4.90 Å². The normalized spacial score (nSPS) is 21.7. The molecule has 112 valence electrons. The van der Waals surface area contributed by atoms with Crippen LogP contribution in [0.5, 0.6) is 5.75 Å². The summed E-state index contributed by atoms with van der Waals surface area (Å²) < 4.78 is 11.1. The molecule has 0 radical (unpaired) electrons. The number of hydrogen-bond donors (Lipinski definition) is 1. The molecule has 4 nitrogen and oxygen atoms in total. The van der Waals surface area contributed by atoms with E-state index in [9.17, 15) is 0 Å². The molecule has 4 heteroatoms. The lowest BCUT2D eigenvalue weighted by molar-refractivity contribution is -0.0437. The number of ether oxygens (including phenoxy) is 2. The van der Waals surface area contributed by atoms with Crippen LogP contribution in [-0.2, 0) is 4.74 Å². The SMILES string of the molecule is CCC1CN(C(CN)c2ccc(OC)c(C)c2)CCO1. The largest absolute Gasteiger partial charge is 0.496 e. The van der Waals surface area contributed by atoms with Gasteiger partial charge in [0.15, 0.2) is 0 Å². The molecule has 1 fully saturated rings. The van der Waals surface area contributed by atoms with Crippen molar-refractivity contribution in [2.24, 2.45) is 5.73 Å². The van der Waals surface area contributed by atoms with Crippen molar-refractivity contribution in [3.63, 3.8) is 0 Å². The second kappa shape index (κ2) is 7.07. The Morgan fingerprint density at radius 1 is 1.50 bits per heavy atom. The molecular formula is C16H26N2O2. The van der Waals surface area contributed by atoms with E-state index in [1.165, 1.54) is 5.56 Å². The van der Waals surface area contributed by atoms with E-state index in [-0.39, 0.29) is 6.04 Å². The third kappa shape index (κ3) is 3.32. The van der Waals surface area contributed by atoms with Crippen LogP contribution in [0.15, 0.2) is 18.2 Å². The molecule has 1 aromatic carbocycles. The third-order valence-electron chi connectivity index (χ3n) is 4.09. The summed E-state index contributed by atoms with van der Waals surface area (Å²) in [7, 11) is 1.70. The summed E-state index contributed by atoms with van der Waals surface area (Å²) >= 11 is 0. The van der Waals surface area contributed by atoms with Crippen molar-refractivity contribution >= 4 is 0 Å². The first kappa shape index (κ1) is 15.3. The van der Waals surface area contributed by atoms with Crippen LogP contribution in [-0.4, -0.2) is 44.4 Å². The van der Waals surface area contributed by atoms with Gasteiger partial charge in [-0.1, -0.05) is 19.1 Å². The molecule has 2 unspecified atom stereocenters. The Hall–Kier alpha value is -1.10. The van der Waals surface area contributed by atoms with Gasteiger partial charge >= 0.3 is 0 Å². The first-order valence-corrected chi connectivity index (χ1v) is 7.39. The molecule has 0 saturated carbocycles. The summed E-state index contributed by atoms with van der Waals surface area (Å²) in [5, 5.41) is 0. The lowest BCUT2D eigenvalue weighted by atomic mass is 10.0. The van der Waals surface area contributed by atoms with Crippen LogP contribution in [0.2, 0.25) is 0 Å². The van der Waals surface area contributed by atoms with Gasteiger partial charge in [-0.05, 0) is 30.5 Å². The number of aryl methyl sites for hydroxylation is 1. The fourth-order valence-corrected chi connectivity index (χ4v) is 2.88. The van der Waals surface area contributed by atoms with E-state index in [0.717, 1.165) is 37.4 Å². The summed E-state index contributed by atoms with van der Waals surface area (Å²) in [5.74, 6) is 0.929. The number of nitrogens with two attached hydrogens (primary N) is 1. The Bertz CT molecular complexity index is 436. The van der Waals surface area contributed by atoms with Gasteiger partial charge in [-0.25, -0.2) is 0 Å². The van der Waals surface area contributed by atoms with Gasteiger partial charge in [0, 0.05) is 25.7 Å². The van der Waals surface area contributed by atoms with E-state index in [0.29, 0.717) is 12.6 Å². The zero-order valence-corrected chi connectivity index (χ0v) is 12.8. The Kier molecular flexibility index (Phi) is 5.40. The Balaban J connectivity index is 2.16. The molecule has 1 aliphatic rings. The number of benzene rings is 1. The van der Waals surface area contributed by atoms with E-state index >= 15 is 0 Å². The van der Waals surface area contributed by atoms with Crippen LogP contribution in [0.3, 0.4) is 0 Å². The topological polar surface area (TPSA) is 47.7 Å². The zero-order chi connectivity index (χ0) is 14.5. The molecule has 20 heavy (non-hydrogen) atoms. The van der Waals surface area contributed by atoms with E-state index in [4.69, 9.17) is 15.2 Å². The first-order chi connectivity index (χ1) is 9.69. The molecule has 0 amide bonds. The summed E-state index contributed by atoms with van der Waals surface area (Å²) in [5.41, 5.74) is 8.45. The van der Waals surface area contributed by atoms with Gasteiger partial charge < -0.3 is 15.2 Å². The molecule has 0 spiro atoms. The molecule has 0 bridgehead atoms. The molecule has 0 aliphatic carbocycles. The van der Waals surface area contributed by atoms with Crippen molar-refractivity contribution in [2.75, 3.05) is 33.4 Å². The van der Waals surface area contributed by atoms with Crippen LogP contribution < -0.4 is 10.5 Å². The summed E-state index contributed by atoms with van der Waals surface area (Å²) in [6.45, 7) is 7.58. The predicted molar refractivity (Wildman–Crippen MR) is 81.1 cm³/mol. The number of methoxy groups -OCH3 is 1. The van der Waals surface area contributed by atoms with E-state index < -0.39 is 0 Å². The molecule has 1 heterocycles. The maximum atomic E-state index is 6.03. The third-order valence-corrected chi connectivity index (χ3v) is 4.09. The first-order valence-electron chi connectivity index (χ1n) is 7.39. The van der Waals surface area contributed by atoms with Crippen LogP contribution in [0.25, 0.3) is 0 Å². The minimum atomic E-state index is 0.262. The van der Waals surface area contributed by atoms with Gasteiger partial charge in [0.1, 0.15) is 5.75 Å². The van der Waals surface area contributed by atoms with Gasteiger partial charge in [-0.15, -0.1) is 0 Å². The highest BCUT2D eigenvalue weighted by molar-refractivity contribution is 5.37. The van der Waals surface area contributed by atoms with Gasteiger partial charge in [-0.2, -0.15) is 0 Å². The van der Waals surface area contributed by atoms with E-state index in [2.05, 4.69) is 30.9 Å². The van der Waals surface area contributed by atoms with Gasteiger partial charge in [0.2, 0.25) is 0 Å².